The number of hydrogen-bond donors (Lipinski definition) is 0. The number of halogens is 4. The Bertz CT molecular complexity index is 712. The molecule has 0 amide bonds. The number of carbonyl (C=O) groups is 3. The number of carbonyl (C=O) groups excluding carboxylic acids is 3. The summed E-state index contributed by atoms with van der Waals surface area (Å²) in [4.78, 5) is 36.5. The first-order valence-electron chi connectivity index (χ1n) is 8.71. The molecule has 0 unspecified atom stereocenters. The summed E-state index contributed by atoms with van der Waals surface area (Å²) in [6.07, 6.45) is -3.27. The molecule has 0 N–H and O–H groups in total. The van der Waals surface area contributed by atoms with Crippen LogP contribution in [0.25, 0.3) is 0 Å². The average molecular weight is 404 g/mol. The molecule has 27 heavy (non-hydrogen) atoms. The van der Waals surface area contributed by atoms with E-state index in [0.717, 1.165) is 23.9 Å². The fourth-order valence-corrected chi connectivity index (χ4v) is 4.22. The zero-order chi connectivity index (χ0) is 20.2. The molecule has 8 heteroatoms. The van der Waals surface area contributed by atoms with Crippen molar-refractivity contribution < 1.29 is 31.9 Å². The van der Waals surface area contributed by atoms with E-state index >= 15 is 0 Å². The third-order valence-electron chi connectivity index (χ3n) is 4.48. The second kappa shape index (κ2) is 8.99. The van der Waals surface area contributed by atoms with Gasteiger partial charge in [-0.25, -0.2) is 4.39 Å². The molecule has 2 rings (SSSR count). The predicted octanol–water partition coefficient (Wildman–Crippen LogP) is 4.86. The maximum absolute atomic E-state index is 13.3. The Hall–Kier alpha value is -1.70. The molecule has 1 fully saturated rings. The Morgan fingerprint density at radius 2 is 1.81 bits per heavy atom. The van der Waals surface area contributed by atoms with Crippen molar-refractivity contribution in [1.82, 2.24) is 0 Å². The van der Waals surface area contributed by atoms with E-state index in [2.05, 4.69) is 0 Å². The van der Waals surface area contributed by atoms with Gasteiger partial charge in [0.05, 0.1) is 5.56 Å². The summed E-state index contributed by atoms with van der Waals surface area (Å²) in [6.45, 7) is 1.80. The van der Waals surface area contributed by atoms with Crippen molar-refractivity contribution >= 4 is 29.1 Å². The molecule has 1 aliphatic carbocycles. The van der Waals surface area contributed by atoms with Crippen LogP contribution in [0.2, 0.25) is 0 Å². The van der Waals surface area contributed by atoms with Crippen molar-refractivity contribution in [2.75, 3.05) is 5.75 Å². The number of rotatable bonds is 7. The molecular formula is C19H20F4O3S. The Kier molecular flexibility index (Phi) is 7.19. The van der Waals surface area contributed by atoms with E-state index in [1.165, 1.54) is 6.07 Å². The van der Waals surface area contributed by atoms with Crippen LogP contribution in [0.3, 0.4) is 0 Å². The van der Waals surface area contributed by atoms with Crippen LogP contribution in [-0.2, 0) is 20.6 Å². The number of Topliss-reactive ketones (excluding diaryl/α,β-unsaturated/α-hetero) is 3. The average Bonchev–Trinajstić information content (AvgIpc) is 2.55. The zero-order valence-electron chi connectivity index (χ0n) is 14.8. The molecule has 148 valence electrons. The predicted molar refractivity (Wildman–Crippen MR) is 92.9 cm³/mol. The topological polar surface area (TPSA) is 51.2 Å². The van der Waals surface area contributed by atoms with E-state index in [1.54, 1.807) is 6.92 Å². The van der Waals surface area contributed by atoms with Crippen molar-refractivity contribution in [1.29, 1.82) is 0 Å². The van der Waals surface area contributed by atoms with E-state index < -0.39 is 23.5 Å². The fourth-order valence-electron chi connectivity index (χ4n) is 3.17. The van der Waals surface area contributed by atoms with E-state index in [1.807, 2.05) is 0 Å². The van der Waals surface area contributed by atoms with Crippen LogP contribution >= 0.6 is 11.8 Å². The van der Waals surface area contributed by atoms with Crippen LogP contribution in [-0.4, -0.2) is 23.1 Å². The summed E-state index contributed by atoms with van der Waals surface area (Å²) in [5, 5.41) is 0. The monoisotopic (exact) mass is 404 g/mol. The highest BCUT2D eigenvalue weighted by molar-refractivity contribution is 7.99. The van der Waals surface area contributed by atoms with Gasteiger partial charge in [-0.3, -0.25) is 14.4 Å². The summed E-state index contributed by atoms with van der Waals surface area (Å²) in [5.41, 5.74) is -1.31. The van der Waals surface area contributed by atoms with Crippen molar-refractivity contribution in [2.45, 2.75) is 50.1 Å². The van der Waals surface area contributed by atoms with Gasteiger partial charge in [0.1, 0.15) is 11.7 Å². The van der Waals surface area contributed by atoms with Gasteiger partial charge < -0.3 is 0 Å². The van der Waals surface area contributed by atoms with Crippen LogP contribution in [0, 0.1) is 17.7 Å². The minimum Gasteiger partial charge on any atom is -0.298 e. The lowest BCUT2D eigenvalue weighted by molar-refractivity contribution is -0.144. The molecule has 0 aromatic heterocycles. The van der Waals surface area contributed by atoms with Gasteiger partial charge in [0.2, 0.25) is 0 Å². The largest absolute Gasteiger partial charge is 0.419 e. The number of hydrogen-bond acceptors (Lipinski definition) is 4. The van der Waals surface area contributed by atoms with Gasteiger partial charge in [-0.2, -0.15) is 13.2 Å². The molecule has 0 spiro atoms. The second-order valence-electron chi connectivity index (χ2n) is 6.63. The minimum atomic E-state index is -4.76. The third kappa shape index (κ3) is 5.64. The first-order chi connectivity index (χ1) is 12.6. The van der Waals surface area contributed by atoms with Gasteiger partial charge in [-0.15, -0.1) is 11.8 Å². The maximum atomic E-state index is 13.3. The second-order valence-corrected chi connectivity index (χ2v) is 7.80. The molecule has 0 atom stereocenters. The number of ketones is 3. The summed E-state index contributed by atoms with van der Waals surface area (Å²) < 4.78 is 51.5. The molecule has 3 nitrogen and oxygen atoms in total. The molecule has 0 saturated heterocycles. The SMILES string of the molecule is CCCC(=O)C1C(=O)CC(CCSc2ccc(F)c(C(F)(F)F)c2)CC1=O. The van der Waals surface area contributed by atoms with Crippen molar-refractivity contribution in [3.05, 3.63) is 29.6 Å². The van der Waals surface area contributed by atoms with Crippen LogP contribution in [0.4, 0.5) is 17.6 Å². The Labute approximate surface area is 158 Å². The van der Waals surface area contributed by atoms with Crippen molar-refractivity contribution in [2.24, 2.45) is 11.8 Å². The van der Waals surface area contributed by atoms with E-state index in [0.29, 0.717) is 18.6 Å². The van der Waals surface area contributed by atoms with Crippen LogP contribution in [0.5, 0.6) is 0 Å². The van der Waals surface area contributed by atoms with Crippen molar-refractivity contribution in [3.63, 3.8) is 0 Å². The van der Waals surface area contributed by atoms with Crippen LogP contribution in [0.15, 0.2) is 23.1 Å². The van der Waals surface area contributed by atoms with E-state index in [9.17, 15) is 31.9 Å². The number of alkyl halides is 3. The quantitative estimate of drug-likeness (QED) is 0.370. The van der Waals surface area contributed by atoms with Gasteiger partial charge in [0, 0.05) is 24.2 Å². The Morgan fingerprint density at radius 3 is 2.37 bits per heavy atom. The zero-order valence-corrected chi connectivity index (χ0v) is 15.6. The highest BCUT2D eigenvalue weighted by Gasteiger charge is 2.39. The highest BCUT2D eigenvalue weighted by atomic mass is 32.2. The summed E-state index contributed by atoms with van der Waals surface area (Å²) in [7, 11) is 0. The molecule has 0 bridgehead atoms. The molecule has 0 aliphatic heterocycles. The lowest BCUT2D eigenvalue weighted by atomic mass is 9.76. The van der Waals surface area contributed by atoms with Gasteiger partial charge in [0.25, 0.3) is 0 Å². The summed E-state index contributed by atoms with van der Waals surface area (Å²) in [6, 6.07) is 2.81. The lowest BCUT2D eigenvalue weighted by Gasteiger charge is -2.25. The molecule has 0 heterocycles. The molecule has 1 aromatic carbocycles. The first-order valence-corrected chi connectivity index (χ1v) is 9.69. The summed E-state index contributed by atoms with van der Waals surface area (Å²) in [5.74, 6) is -3.33. The Balaban J connectivity index is 1.91. The Morgan fingerprint density at radius 1 is 1.19 bits per heavy atom. The lowest BCUT2D eigenvalue weighted by Crippen LogP contribution is -2.38. The van der Waals surface area contributed by atoms with E-state index in [4.69, 9.17) is 0 Å². The standard InChI is InChI=1S/C19H20F4O3S/c1-2-3-15(24)18-16(25)8-11(9-17(18)26)6-7-27-12-4-5-14(20)13(10-12)19(21,22)23/h4-5,10-11,18H,2-3,6-9H2,1H3. The van der Waals surface area contributed by atoms with Crippen LogP contribution < -0.4 is 0 Å². The molecule has 0 radical (unpaired) electrons. The van der Waals surface area contributed by atoms with Crippen LogP contribution in [0.1, 0.15) is 44.6 Å². The third-order valence-corrected chi connectivity index (χ3v) is 5.51. The van der Waals surface area contributed by atoms with Crippen molar-refractivity contribution in [3.8, 4) is 0 Å². The first kappa shape index (κ1) is 21.6. The smallest absolute Gasteiger partial charge is 0.298 e. The van der Waals surface area contributed by atoms with Gasteiger partial charge >= 0.3 is 6.18 Å². The van der Waals surface area contributed by atoms with Gasteiger partial charge in [0.15, 0.2) is 17.3 Å². The fraction of sp³-hybridized carbons (Fsp3) is 0.526. The maximum Gasteiger partial charge on any atom is 0.419 e. The molecule has 1 aromatic rings. The summed E-state index contributed by atoms with van der Waals surface area (Å²) >= 11 is 1.11. The highest BCUT2D eigenvalue weighted by Crippen LogP contribution is 2.35. The number of thioether (sulfide) groups is 1. The van der Waals surface area contributed by atoms with E-state index in [-0.39, 0.29) is 47.4 Å². The molecule has 1 saturated carbocycles. The molecule has 1 aliphatic rings. The number of benzene rings is 1. The normalized spacial score (nSPS) is 20.8. The van der Waals surface area contributed by atoms with Gasteiger partial charge in [-0.1, -0.05) is 6.92 Å². The minimum absolute atomic E-state index is 0.129. The molecular weight excluding hydrogens is 384 g/mol. The van der Waals surface area contributed by atoms with Gasteiger partial charge in [-0.05, 0) is 42.7 Å².